The molecule has 0 rings (SSSR count). The van der Waals surface area contributed by atoms with Crippen LogP contribution in [0, 0.1) is 0 Å². The molecule has 0 spiro atoms. The molecule has 0 bridgehead atoms. The van der Waals surface area contributed by atoms with Gasteiger partial charge in [-0.15, -0.1) is 0 Å². The number of carbonyl (C=O) groups excluding carboxylic acids is 1. The summed E-state index contributed by atoms with van der Waals surface area (Å²) in [6.45, 7) is 6.00. The molecule has 0 atom stereocenters. The molecule has 0 aliphatic carbocycles. The first-order chi connectivity index (χ1) is 11.1. The van der Waals surface area contributed by atoms with Gasteiger partial charge in [-0.1, -0.05) is 64.7 Å². The number of ketones is 1. The number of hydrogen-bond acceptors (Lipinski definition) is 3. The van der Waals surface area contributed by atoms with Crippen molar-refractivity contribution < 1.29 is 14.7 Å². The van der Waals surface area contributed by atoms with Crippen LogP contribution in [0.2, 0.25) is 0 Å². The van der Waals surface area contributed by atoms with Crippen molar-refractivity contribution in [2.75, 3.05) is 19.6 Å². The molecule has 0 aliphatic rings. The smallest absolute Gasteiger partial charge is 0.304 e. The van der Waals surface area contributed by atoms with Crippen molar-refractivity contribution in [3.63, 3.8) is 0 Å². The second kappa shape index (κ2) is 16.0. The third-order valence-electron chi connectivity index (χ3n) is 4.25. The van der Waals surface area contributed by atoms with Crippen LogP contribution in [-0.2, 0) is 9.59 Å². The predicted molar refractivity (Wildman–Crippen MR) is 95.8 cm³/mol. The third kappa shape index (κ3) is 17.3. The summed E-state index contributed by atoms with van der Waals surface area (Å²) in [6.07, 6.45) is 13.7. The van der Waals surface area contributed by atoms with E-state index >= 15 is 0 Å². The highest BCUT2D eigenvalue weighted by Gasteiger charge is 2.08. The summed E-state index contributed by atoms with van der Waals surface area (Å²) in [7, 11) is 0. The fourth-order valence-electron chi connectivity index (χ4n) is 2.73. The number of rotatable bonds is 17. The summed E-state index contributed by atoms with van der Waals surface area (Å²) in [6, 6.07) is 0. The summed E-state index contributed by atoms with van der Waals surface area (Å²) < 4.78 is 0. The van der Waals surface area contributed by atoms with Crippen LogP contribution in [0.25, 0.3) is 0 Å². The van der Waals surface area contributed by atoms with Gasteiger partial charge in [-0.05, 0) is 19.9 Å². The first-order valence-corrected chi connectivity index (χ1v) is 9.49. The van der Waals surface area contributed by atoms with Gasteiger partial charge in [0, 0.05) is 19.5 Å². The number of Topliss-reactive ketones (excluding diaryl/α,β-unsaturated/α-hetero) is 1. The van der Waals surface area contributed by atoms with Crippen LogP contribution in [0.3, 0.4) is 0 Å². The molecular formula is C19H37NO3. The van der Waals surface area contributed by atoms with Crippen LogP contribution in [0.15, 0.2) is 0 Å². The van der Waals surface area contributed by atoms with Crippen LogP contribution in [0.1, 0.15) is 90.9 Å². The van der Waals surface area contributed by atoms with Crippen molar-refractivity contribution in [3.05, 3.63) is 0 Å². The average molecular weight is 328 g/mol. The van der Waals surface area contributed by atoms with Gasteiger partial charge < -0.3 is 10.0 Å². The zero-order valence-corrected chi connectivity index (χ0v) is 15.3. The molecule has 0 amide bonds. The Morgan fingerprint density at radius 1 is 0.739 bits per heavy atom. The summed E-state index contributed by atoms with van der Waals surface area (Å²) >= 11 is 0. The van der Waals surface area contributed by atoms with Gasteiger partial charge in [0.1, 0.15) is 5.78 Å². The highest BCUT2D eigenvalue weighted by atomic mass is 16.4. The Hall–Kier alpha value is -0.900. The maximum absolute atomic E-state index is 11.1. The molecule has 1 N–H and O–H groups in total. The molecule has 0 aromatic heterocycles. The largest absolute Gasteiger partial charge is 0.481 e. The summed E-state index contributed by atoms with van der Waals surface area (Å²) in [5.74, 6) is -0.589. The minimum atomic E-state index is -0.763. The molecule has 0 unspecified atom stereocenters. The molecule has 0 aromatic rings. The Kier molecular flexibility index (Phi) is 15.4. The van der Waals surface area contributed by atoms with Crippen molar-refractivity contribution in [3.8, 4) is 0 Å². The summed E-state index contributed by atoms with van der Waals surface area (Å²) in [4.78, 5) is 23.9. The number of unbranched alkanes of at least 4 members (excludes halogenated alkanes) is 9. The maximum Gasteiger partial charge on any atom is 0.304 e. The van der Waals surface area contributed by atoms with Gasteiger partial charge in [-0.2, -0.15) is 0 Å². The van der Waals surface area contributed by atoms with Crippen LogP contribution in [0.5, 0.6) is 0 Å². The number of carboxylic acids is 1. The van der Waals surface area contributed by atoms with Gasteiger partial charge in [0.2, 0.25) is 0 Å². The van der Waals surface area contributed by atoms with E-state index in [1.165, 1.54) is 57.8 Å². The molecule has 0 heterocycles. The number of hydrogen-bond donors (Lipinski definition) is 1. The van der Waals surface area contributed by atoms with Crippen molar-refractivity contribution >= 4 is 11.8 Å². The molecule has 0 saturated carbocycles. The number of aliphatic carboxylic acids is 1. The standard InChI is InChI=1S/C19H37NO3/c1-3-4-5-6-7-8-9-10-11-12-15-20(16-13-18(2)21)17-14-19(22)23/h3-17H2,1-2H3,(H,22,23). The van der Waals surface area contributed by atoms with E-state index in [9.17, 15) is 9.59 Å². The number of carbonyl (C=O) groups is 2. The summed E-state index contributed by atoms with van der Waals surface area (Å²) in [5, 5.41) is 8.79. The fourth-order valence-corrected chi connectivity index (χ4v) is 2.73. The van der Waals surface area contributed by atoms with E-state index in [0.717, 1.165) is 13.0 Å². The molecule has 0 fully saturated rings. The lowest BCUT2D eigenvalue weighted by molar-refractivity contribution is -0.137. The molecule has 4 nitrogen and oxygen atoms in total. The Morgan fingerprint density at radius 3 is 1.70 bits per heavy atom. The lowest BCUT2D eigenvalue weighted by Crippen LogP contribution is -2.29. The summed E-state index contributed by atoms with van der Waals surface area (Å²) in [5.41, 5.74) is 0. The lowest BCUT2D eigenvalue weighted by Gasteiger charge is -2.20. The minimum Gasteiger partial charge on any atom is -0.481 e. The van der Waals surface area contributed by atoms with Crippen LogP contribution < -0.4 is 0 Å². The van der Waals surface area contributed by atoms with Crippen molar-refractivity contribution in [1.29, 1.82) is 0 Å². The lowest BCUT2D eigenvalue weighted by atomic mass is 10.1. The normalized spacial score (nSPS) is 11.1. The zero-order chi connectivity index (χ0) is 17.3. The van der Waals surface area contributed by atoms with E-state index in [4.69, 9.17) is 5.11 Å². The van der Waals surface area contributed by atoms with E-state index in [0.29, 0.717) is 19.5 Å². The molecule has 0 radical (unpaired) electrons. The quantitative estimate of drug-likeness (QED) is 0.395. The van der Waals surface area contributed by atoms with E-state index in [1.807, 2.05) is 0 Å². The highest BCUT2D eigenvalue weighted by Crippen LogP contribution is 2.11. The van der Waals surface area contributed by atoms with E-state index in [-0.39, 0.29) is 12.2 Å². The Morgan fingerprint density at radius 2 is 1.22 bits per heavy atom. The van der Waals surface area contributed by atoms with Gasteiger partial charge in [0.15, 0.2) is 0 Å². The second-order valence-electron chi connectivity index (χ2n) is 6.62. The number of carboxylic acid groups (broad SMARTS) is 1. The van der Waals surface area contributed by atoms with Gasteiger partial charge in [-0.3, -0.25) is 9.59 Å². The number of nitrogens with zero attached hydrogens (tertiary/aromatic N) is 1. The van der Waals surface area contributed by atoms with Crippen LogP contribution >= 0.6 is 0 Å². The highest BCUT2D eigenvalue weighted by molar-refractivity contribution is 5.75. The minimum absolute atomic E-state index is 0.162. The Bertz CT molecular complexity index is 287. The molecule has 0 aliphatic heterocycles. The molecule has 4 heteroatoms. The van der Waals surface area contributed by atoms with Crippen molar-refractivity contribution in [2.24, 2.45) is 0 Å². The first kappa shape index (κ1) is 22.1. The first-order valence-electron chi connectivity index (χ1n) is 9.49. The van der Waals surface area contributed by atoms with Crippen LogP contribution in [-0.4, -0.2) is 41.4 Å². The molecule has 23 heavy (non-hydrogen) atoms. The van der Waals surface area contributed by atoms with Gasteiger partial charge >= 0.3 is 5.97 Å². The van der Waals surface area contributed by atoms with Gasteiger partial charge in [0.25, 0.3) is 0 Å². The Labute approximate surface area is 142 Å². The van der Waals surface area contributed by atoms with E-state index in [2.05, 4.69) is 11.8 Å². The monoisotopic (exact) mass is 327 g/mol. The molecule has 0 saturated heterocycles. The van der Waals surface area contributed by atoms with Crippen LogP contribution in [0.4, 0.5) is 0 Å². The van der Waals surface area contributed by atoms with Crippen molar-refractivity contribution in [2.45, 2.75) is 90.9 Å². The topological polar surface area (TPSA) is 57.6 Å². The fraction of sp³-hybridized carbons (Fsp3) is 0.895. The second-order valence-corrected chi connectivity index (χ2v) is 6.62. The molecule has 0 aromatic carbocycles. The SMILES string of the molecule is CCCCCCCCCCCCN(CCC(C)=O)CCC(=O)O. The molecular weight excluding hydrogens is 290 g/mol. The van der Waals surface area contributed by atoms with Gasteiger partial charge in [0.05, 0.1) is 6.42 Å². The van der Waals surface area contributed by atoms with E-state index in [1.54, 1.807) is 6.92 Å². The Balaban J connectivity index is 3.60. The third-order valence-corrected chi connectivity index (χ3v) is 4.25. The maximum atomic E-state index is 11.1. The zero-order valence-electron chi connectivity index (χ0n) is 15.3. The van der Waals surface area contributed by atoms with Gasteiger partial charge in [-0.25, -0.2) is 0 Å². The van der Waals surface area contributed by atoms with E-state index < -0.39 is 5.97 Å². The predicted octanol–water partition coefficient (Wildman–Crippen LogP) is 4.66. The molecule has 136 valence electrons. The van der Waals surface area contributed by atoms with Crippen molar-refractivity contribution in [1.82, 2.24) is 4.90 Å². The average Bonchev–Trinajstić information content (AvgIpc) is 2.50.